The molecule has 1 aromatic heterocycles. The van der Waals surface area contributed by atoms with Crippen molar-refractivity contribution in [1.29, 1.82) is 0 Å². The molecule has 0 bridgehead atoms. The zero-order chi connectivity index (χ0) is 19.4. The Bertz CT molecular complexity index is 938. The van der Waals surface area contributed by atoms with Crippen LogP contribution in [0.4, 0.5) is 10.1 Å². The maximum atomic E-state index is 13.9. The number of benzene rings is 2. The number of anilines is 1. The van der Waals surface area contributed by atoms with Gasteiger partial charge in [0.05, 0.1) is 11.9 Å². The minimum Gasteiger partial charge on any atom is -0.324 e. The molecule has 27 heavy (non-hydrogen) atoms. The number of aryl methyl sites for hydroxylation is 1. The number of amides is 1. The third kappa shape index (κ3) is 4.51. The fourth-order valence-corrected chi connectivity index (χ4v) is 3.43. The molecule has 1 N–H and O–H groups in total. The molecule has 0 aliphatic carbocycles. The lowest BCUT2D eigenvalue weighted by molar-refractivity contribution is -0.120. The molecule has 1 unspecified atom stereocenters. The predicted molar refractivity (Wildman–Crippen MR) is 108 cm³/mol. The first-order chi connectivity index (χ1) is 13.0. The summed E-state index contributed by atoms with van der Waals surface area (Å²) in [6.07, 6.45) is 3.04. The summed E-state index contributed by atoms with van der Waals surface area (Å²) in [5, 5.41) is 3.74. The van der Waals surface area contributed by atoms with Crippen LogP contribution in [0.1, 0.15) is 31.4 Å². The van der Waals surface area contributed by atoms with E-state index in [1.165, 1.54) is 6.07 Å². The van der Waals surface area contributed by atoms with Gasteiger partial charge in [-0.05, 0) is 42.9 Å². The Labute approximate surface area is 159 Å². The van der Waals surface area contributed by atoms with E-state index in [4.69, 9.17) is 0 Å². The summed E-state index contributed by atoms with van der Waals surface area (Å²) in [5.74, 6) is -0.0900. The van der Waals surface area contributed by atoms with E-state index < -0.39 is 0 Å². The summed E-state index contributed by atoms with van der Waals surface area (Å²) in [7, 11) is 0. The normalized spacial score (nSPS) is 12.3. The number of fused-ring (bicyclic) bond motifs is 1. The molecule has 0 saturated carbocycles. The molecule has 2 aromatic carbocycles. The van der Waals surface area contributed by atoms with E-state index in [1.54, 1.807) is 12.3 Å². The SMILES string of the molecule is Cc1c(NC(=O)C(Cc2ccccc2)CC(C)C)cnc2c(F)cccc12. The van der Waals surface area contributed by atoms with Crippen LogP contribution in [0.2, 0.25) is 0 Å². The summed E-state index contributed by atoms with van der Waals surface area (Å²) in [5.41, 5.74) is 2.94. The molecule has 3 rings (SSSR count). The molecule has 1 heterocycles. The number of rotatable bonds is 6. The quantitative estimate of drug-likeness (QED) is 0.625. The number of nitrogens with one attached hydrogen (secondary N) is 1. The Kier molecular flexibility index (Phi) is 5.84. The summed E-state index contributed by atoms with van der Waals surface area (Å²) < 4.78 is 13.9. The van der Waals surface area contributed by atoms with E-state index in [0.717, 1.165) is 22.9 Å². The predicted octanol–water partition coefficient (Wildman–Crippen LogP) is 5.53. The van der Waals surface area contributed by atoms with Crippen LogP contribution in [0.5, 0.6) is 0 Å². The Hall–Kier alpha value is -2.75. The number of hydrogen-bond donors (Lipinski definition) is 1. The van der Waals surface area contributed by atoms with Crippen LogP contribution < -0.4 is 5.32 Å². The van der Waals surface area contributed by atoms with Gasteiger partial charge in [0.2, 0.25) is 5.91 Å². The third-order valence-electron chi connectivity index (χ3n) is 4.83. The van der Waals surface area contributed by atoms with Crippen LogP contribution in [0.3, 0.4) is 0 Å². The summed E-state index contributed by atoms with van der Waals surface area (Å²) in [4.78, 5) is 17.2. The smallest absolute Gasteiger partial charge is 0.227 e. The maximum absolute atomic E-state index is 13.9. The van der Waals surface area contributed by atoms with Gasteiger partial charge in [0.25, 0.3) is 0 Å². The molecule has 0 spiro atoms. The van der Waals surface area contributed by atoms with Crippen molar-refractivity contribution in [1.82, 2.24) is 4.98 Å². The zero-order valence-electron chi connectivity index (χ0n) is 16.0. The van der Waals surface area contributed by atoms with Gasteiger partial charge < -0.3 is 5.32 Å². The number of hydrogen-bond acceptors (Lipinski definition) is 2. The number of aromatic nitrogens is 1. The molecule has 0 fully saturated rings. The van der Waals surface area contributed by atoms with Crippen molar-refractivity contribution < 1.29 is 9.18 Å². The minimum absolute atomic E-state index is 0.0202. The van der Waals surface area contributed by atoms with Gasteiger partial charge in [-0.2, -0.15) is 0 Å². The molecular weight excluding hydrogens is 339 g/mol. The van der Waals surface area contributed by atoms with Crippen LogP contribution in [-0.2, 0) is 11.2 Å². The second kappa shape index (κ2) is 8.30. The van der Waals surface area contributed by atoms with Crippen molar-refractivity contribution >= 4 is 22.5 Å². The van der Waals surface area contributed by atoms with E-state index in [2.05, 4.69) is 24.1 Å². The van der Waals surface area contributed by atoms with Crippen molar-refractivity contribution in [2.75, 3.05) is 5.32 Å². The fourth-order valence-electron chi connectivity index (χ4n) is 3.43. The highest BCUT2D eigenvalue weighted by Gasteiger charge is 2.21. The molecule has 3 nitrogen and oxygen atoms in total. The summed E-state index contributed by atoms with van der Waals surface area (Å²) in [6, 6.07) is 14.9. The van der Waals surface area contributed by atoms with E-state index >= 15 is 0 Å². The monoisotopic (exact) mass is 364 g/mol. The maximum Gasteiger partial charge on any atom is 0.227 e. The average molecular weight is 364 g/mol. The summed E-state index contributed by atoms with van der Waals surface area (Å²) in [6.45, 7) is 6.13. The van der Waals surface area contributed by atoms with Crippen molar-refractivity contribution in [2.24, 2.45) is 11.8 Å². The standard InChI is InChI=1S/C23H25FN2O/c1-15(2)12-18(13-17-8-5-4-6-9-17)23(27)26-21-14-25-22-19(16(21)3)10-7-11-20(22)24/h4-11,14-15,18H,12-13H2,1-3H3,(H,26,27). The highest BCUT2D eigenvalue weighted by Crippen LogP contribution is 2.26. The van der Waals surface area contributed by atoms with E-state index in [-0.39, 0.29) is 17.6 Å². The Balaban J connectivity index is 1.84. The Morgan fingerprint density at radius 2 is 1.85 bits per heavy atom. The van der Waals surface area contributed by atoms with Gasteiger partial charge in [0.1, 0.15) is 11.3 Å². The molecule has 0 aliphatic heterocycles. The highest BCUT2D eigenvalue weighted by molar-refractivity contribution is 5.96. The first-order valence-corrected chi connectivity index (χ1v) is 9.34. The van der Waals surface area contributed by atoms with Crippen LogP contribution in [-0.4, -0.2) is 10.9 Å². The summed E-state index contributed by atoms with van der Waals surface area (Å²) >= 11 is 0. The van der Waals surface area contributed by atoms with Gasteiger partial charge >= 0.3 is 0 Å². The number of para-hydroxylation sites is 1. The third-order valence-corrected chi connectivity index (χ3v) is 4.83. The second-order valence-corrected chi connectivity index (χ2v) is 7.44. The van der Waals surface area contributed by atoms with Crippen LogP contribution in [0.15, 0.2) is 54.7 Å². The van der Waals surface area contributed by atoms with Gasteiger partial charge in [-0.3, -0.25) is 9.78 Å². The molecule has 3 aromatic rings. The van der Waals surface area contributed by atoms with Crippen LogP contribution >= 0.6 is 0 Å². The van der Waals surface area contributed by atoms with Gasteiger partial charge in [-0.1, -0.05) is 56.3 Å². The molecule has 1 atom stereocenters. The van der Waals surface area contributed by atoms with E-state index in [1.807, 2.05) is 43.3 Å². The van der Waals surface area contributed by atoms with E-state index in [9.17, 15) is 9.18 Å². The van der Waals surface area contributed by atoms with Gasteiger partial charge in [0.15, 0.2) is 0 Å². The number of pyridine rings is 1. The lowest BCUT2D eigenvalue weighted by atomic mass is 9.90. The lowest BCUT2D eigenvalue weighted by Crippen LogP contribution is -2.26. The van der Waals surface area contributed by atoms with Crippen LogP contribution in [0, 0.1) is 24.6 Å². The first kappa shape index (κ1) is 19.0. The number of halogens is 1. The molecule has 140 valence electrons. The second-order valence-electron chi connectivity index (χ2n) is 7.44. The molecule has 0 radical (unpaired) electrons. The van der Waals surface area contributed by atoms with Crippen molar-refractivity contribution in [2.45, 2.75) is 33.6 Å². The minimum atomic E-state index is -0.352. The van der Waals surface area contributed by atoms with Crippen molar-refractivity contribution in [3.05, 3.63) is 71.7 Å². The van der Waals surface area contributed by atoms with Gasteiger partial charge in [-0.25, -0.2) is 4.39 Å². The Morgan fingerprint density at radius 3 is 2.56 bits per heavy atom. The topological polar surface area (TPSA) is 42.0 Å². The van der Waals surface area contributed by atoms with Crippen molar-refractivity contribution in [3.63, 3.8) is 0 Å². The molecule has 0 aliphatic rings. The Morgan fingerprint density at radius 1 is 1.11 bits per heavy atom. The lowest BCUT2D eigenvalue weighted by Gasteiger charge is -2.20. The number of carbonyl (C=O) groups is 1. The molecule has 1 amide bonds. The highest BCUT2D eigenvalue weighted by atomic mass is 19.1. The first-order valence-electron chi connectivity index (χ1n) is 9.34. The average Bonchev–Trinajstić information content (AvgIpc) is 2.64. The molecular formula is C23H25FN2O. The molecule has 0 saturated heterocycles. The van der Waals surface area contributed by atoms with Gasteiger partial charge in [0, 0.05) is 11.3 Å². The zero-order valence-corrected chi connectivity index (χ0v) is 16.0. The van der Waals surface area contributed by atoms with Crippen molar-refractivity contribution in [3.8, 4) is 0 Å². The van der Waals surface area contributed by atoms with E-state index in [0.29, 0.717) is 23.5 Å². The fraction of sp³-hybridized carbons (Fsp3) is 0.304. The van der Waals surface area contributed by atoms with Gasteiger partial charge in [-0.15, -0.1) is 0 Å². The number of nitrogens with zero attached hydrogens (tertiary/aromatic N) is 1. The molecule has 4 heteroatoms. The largest absolute Gasteiger partial charge is 0.324 e. The van der Waals surface area contributed by atoms with Crippen LogP contribution in [0.25, 0.3) is 10.9 Å². The number of carbonyl (C=O) groups excluding carboxylic acids is 1.